The summed E-state index contributed by atoms with van der Waals surface area (Å²) in [5, 5.41) is 6.04. The topological polar surface area (TPSA) is 118 Å². The molecule has 0 saturated carbocycles. The number of rotatable bonds is 5. The van der Waals surface area contributed by atoms with Gasteiger partial charge in [0, 0.05) is 39.9 Å². The van der Waals surface area contributed by atoms with E-state index < -0.39 is 10.1 Å². The van der Waals surface area contributed by atoms with Gasteiger partial charge in [0.25, 0.3) is 10.1 Å². The Hall–Kier alpha value is -4.94. The second kappa shape index (κ2) is 10.4. The van der Waals surface area contributed by atoms with Crippen molar-refractivity contribution in [1.29, 1.82) is 0 Å². The third kappa shape index (κ3) is 4.81. The molecule has 0 atom stereocenters. The van der Waals surface area contributed by atoms with E-state index in [0.29, 0.717) is 43.9 Å². The lowest BCUT2D eigenvalue weighted by molar-refractivity contribution is 0.483. The molecule has 2 aromatic heterocycles. The van der Waals surface area contributed by atoms with Crippen LogP contribution in [0.5, 0.6) is 0 Å². The van der Waals surface area contributed by atoms with Gasteiger partial charge in [-0.3, -0.25) is 4.55 Å². The Kier molecular flexibility index (Phi) is 6.27. The van der Waals surface area contributed by atoms with E-state index >= 15 is 0 Å². The van der Waals surface area contributed by atoms with E-state index in [1.807, 2.05) is 84.9 Å². The van der Waals surface area contributed by atoms with Gasteiger partial charge in [-0.15, -0.1) is 0 Å². The maximum absolute atomic E-state index is 12.5. The first-order chi connectivity index (χ1) is 21.4. The van der Waals surface area contributed by atoms with E-state index in [1.165, 1.54) is 17.4 Å². The van der Waals surface area contributed by atoms with Gasteiger partial charge in [-0.1, -0.05) is 65.1 Å². The lowest BCUT2D eigenvalue weighted by Gasteiger charge is -2.17. The van der Waals surface area contributed by atoms with Crippen molar-refractivity contribution in [3.05, 3.63) is 115 Å². The number of para-hydroxylation sites is 2. The van der Waals surface area contributed by atoms with E-state index in [0.717, 1.165) is 31.3 Å². The zero-order chi connectivity index (χ0) is 29.8. The molecule has 0 bridgehead atoms. The molecular weight excluding hydrogens is 613 g/mol. The summed E-state index contributed by atoms with van der Waals surface area (Å²) in [6.45, 7) is 0. The zero-order valence-corrected chi connectivity index (χ0v) is 25.1. The van der Waals surface area contributed by atoms with Crippen LogP contribution >= 0.6 is 22.7 Å². The van der Waals surface area contributed by atoms with Crippen LogP contribution in [0.2, 0.25) is 0 Å². The summed E-state index contributed by atoms with van der Waals surface area (Å²) in [6, 6.07) is 33.3. The monoisotopic (exact) mass is 632 g/mol. The normalized spacial score (nSPS) is 12.5. The van der Waals surface area contributed by atoms with Crippen LogP contribution in [0, 0.1) is 0 Å². The van der Waals surface area contributed by atoms with Gasteiger partial charge in [0.1, 0.15) is 16.2 Å². The number of benzene rings is 5. The van der Waals surface area contributed by atoms with E-state index in [1.54, 1.807) is 29.5 Å². The summed E-state index contributed by atoms with van der Waals surface area (Å²) in [5.74, 6) is 0.497. The fourth-order valence-corrected chi connectivity index (χ4v) is 7.72. The molecule has 11 heteroatoms. The van der Waals surface area contributed by atoms with Gasteiger partial charge in [-0.05, 0) is 54.6 Å². The van der Waals surface area contributed by atoms with Crippen LogP contribution in [0.15, 0.2) is 123 Å². The first-order valence-electron chi connectivity index (χ1n) is 13.5. The van der Waals surface area contributed by atoms with Gasteiger partial charge < -0.3 is 9.73 Å². The van der Waals surface area contributed by atoms with Crippen LogP contribution in [0.25, 0.3) is 53.9 Å². The van der Waals surface area contributed by atoms with Crippen molar-refractivity contribution in [3.8, 4) is 22.5 Å². The lowest BCUT2D eigenvalue weighted by Crippen LogP contribution is -2.04. The molecule has 2 aliphatic rings. The third-order valence-electron chi connectivity index (χ3n) is 7.19. The first kappa shape index (κ1) is 26.7. The molecule has 8 rings (SSSR count). The van der Waals surface area contributed by atoms with Crippen LogP contribution in [0.4, 0.5) is 16.0 Å². The van der Waals surface area contributed by atoms with Gasteiger partial charge in [-0.25, -0.2) is 15.0 Å². The smallest absolute Gasteiger partial charge is 0.295 e. The maximum atomic E-state index is 12.5. The standard InChI is InChI=1S/C33H20N4O4S3/c38-44(39,40)30-12-6-1-7-23(30)31-21-15-13-19(34-32-36-24-8-2-4-10-28(24)42-32)17-26(21)41-27-18-20(14-16-22(27)31)35-33-37-25-9-3-5-11-29(25)43-33/h1-18H,(H,34,36)(H,38,39,40). The second-order valence-electron chi connectivity index (χ2n) is 10.0. The highest BCUT2D eigenvalue weighted by molar-refractivity contribution is 7.86. The molecule has 0 spiro atoms. The average molecular weight is 633 g/mol. The summed E-state index contributed by atoms with van der Waals surface area (Å²) < 4.78 is 43.6. The molecular formula is C33H20N4O4S3. The number of hydrogen-bond donors (Lipinski definition) is 2. The quantitative estimate of drug-likeness (QED) is 0.144. The minimum Gasteiger partial charge on any atom is -0.456 e. The molecule has 3 heterocycles. The van der Waals surface area contributed by atoms with Gasteiger partial charge in [0.2, 0.25) is 5.13 Å². The van der Waals surface area contributed by atoms with Crippen LogP contribution < -0.4 is 10.7 Å². The molecule has 0 fully saturated rings. The van der Waals surface area contributed by atoms with Gasteiger partial charge >= 0.3 is 0 Å². The summed E-state index contributed by atoms with van der Waals surface area (Å²) in [6.07, 6.45) is 0. The number of hydrogen-bond acceptors (Lipinski definition) is 9. The number of aromatic nitrogens is 2. The van der Waals surface area contributed by atoms with Gasteiger partial charge in [0.05, 0.1) is 25.8 Å². The highest BCUT2D eigenvalue weighted by Crippen LogP contribution is 2.43. The Morgan fingerprint density at radius 3 is 2.25 bits per heavy atom. The zero-order valence-electron chi connectivity index (χ0n) is 22.6. The van der Waals surface area contributed by atoms with E-state index in [9.17, 15) is 13.0 Å². The van der Waals surface area contributed by atoms with Crippen molar-refractivity contribution in [2.24, 2.45) is 4.99 Å². The van der Waals surface area contributed by atoms with Crippen molar-refractivity contribution in [2.75, 3.05) is 5.32 Å². The predicted octanol–water partition coefficient (Wildman–Crippen LogP) is 8.65. The minimum absolute atomic E-state index is 0.186. The Labute approximate surface area is 258 Å². The Balaban J connectivity index is 1.33. The highest BCUT2D eigenvalue weighted by Gasteiger charge is 2.23. The molecule has 1 aliphatic heterocycles. The van der Waals surface area contributed by atoms with E-state index in [2.05, 4.69) is 15.3 Å². The molecule has 6 aromatic rings. The number of nitrogens with zero attached hydrogens (tertiary/aromatic N) is 3. The Morgan fingerprint density at radius 1 is 0.750 bits per heavy atom. The molecule has 0 saturated heterocycles. The van der Waals surface area contributed by atoms with Crippen LogP contribution in [0.1, 0.15) is 0 Å². The van der Waals surface area contributed by atoms with Crippen LogP contribution in [-0.2, 0) is 10.1 Å². The fraction of sp³-hybridized carbons (Fsp3) is 0. The van der Waals surface area contributed by atoms with Crippen LogP contribution in [0.3, 0.4) is 0 Å². The largest absolute Gasteiger partial charge is 0.456 e. The van der Waals surface area contributed by atoms with Gasteiger partial charge in [0.15, 0.2) is 5.13 Å². The molecule has 0 amide bonds. The van der Waals surface area contributed by atoms with E-state index in [4.69, 9.17) is 9.41 Å². The van der Waals surface area contributed by atoms with Crippen molar-refractivity contribution in [3.63, 3.8) is 0 Å². The minimum atomic E-state index is -4.52. The fourth-order valence-electron chi connectivity index (χ4n) is 5.28. The first-order valence-corrected chi connectivity index (χ1v) is 16.6. The molecule has 1 aliphatic carbocycles. The summed E-state index contributed by atoms with van der Waals surface area (Å²) in [7, 11) is -4.52. The van der Waals surface area contributed by atoms with Crippen LogP contribution in [-0.4, -0.2) is 22.9 Å². The molecule has 0 radical (unpaired) electrons. The molecule has 4 aromatic carbocycles. The molecule has 214 valence electrons. The second-order valence-corrected chi connectivity index (χ2v) is 13.5. The predicted molar refractivity (Wildman–Crippen MR) is 176 cm³/mol. The van der Waals surface area contributed by atoms with E-state index in [-0.39, 0.29) is 4.90 Å². The average Bonchev–Trinajstić information content (AvgIpc) is 3.62. The number of nitrogens with one attached hydrogen (secondary N) is 1. The molecule has 0 unspecified atom stereocenters. The number of fused-ring (bicyclic) bond motifs is 4. The van der Waals surface area contributed by atoms with Crippen molar-refractivity contribution in [2.45, 2.75) is 4.90 Å². The Bertz CT molecular complexity index is 2470. The summed E-state index contributed by atoms with van der Waals surface area (Å²) >= 11 is 3.04. The van der Waals surface area contributed by atoms with Crippen molar-refractivity contribution in [1.82, 2.24) is 9.97 Å². The van der Waals surface area contributed by atoms with Crippen molar-refractivity contribution < 1.29 is 17.4 Å². The summed E-state index contributed by atoms with van der Waals surface area (Å²) in [5.41, 5.74) is 4.71. The SMILES string of the molecule is O=S(=O)(O)c1ccccc1-c1c2ccc(=Nc3nc4ccccc4s3)cc-2oc2cc(Nc3nc4ccccc4s3)ccc12. The van der Waals surface area contributed by atoms with Crippen molar-refractivity contribution >= 4 is 80.1 Å². The summed E-state index contributed by atoms with van der Waals surface area (Å²) in [4.78, 5) is 13.9. The Morgan fingerprint density at radius 2 is 1.48 bits per heavy atom. The number of anilines is 2. The van der Waals surface area contributed by atoms with Gasteiger partial charge in [-0.2, -0.15) is 8.42 Å². The third-order valence-corrected chi connectivity index (χ3v) is 9.99. The molecule has 8 nitrogen and oxygen atoms in total. The highest BCUT2D eigenvalue weighted by atomic mass is 32.2. The maximum Gasteiger partial charge on any atom is 0.295 e. The lowest BCUT2D eigenvalue weighted by atomic mass is 9.93. The number of thiazole rings is 2. The molecule has 44 heavy (non-hydrogen) atoms. The molecule has 2 N–H and O–H groups in total.